The van der Waals surface area contributed by atoms with E-state index in [0.717, 1.165) is 19.4 Å². The predicted molar refractivity (Wildman–Crippen MR) is 110 cm³/mol. The van der Waals surface area contributed by atoms with Crippen molar-refractivity contribution < 1.29 is 19.2 Å². The molecule has 4 atom stereocenters. The maximum absolute atomic E-state index is 13.5. The molecule has 2 amide bonds. The summed E-state index contributed by atoms with van der Waals surface area (Å²) >= 11 is 0. The van der Waals surface area contributed by atoms with Crippen LogP contribution in [0.25, 0.3) is 0 Å². The van der Waals surface area contributed by atoms with Crippen LogP contribution in [0.15, 0.2) is 54.6 Å². The first-order valence-electron chi connectivity index (χ1n) is 10.3. The van der Waals surface area contributed by atoms with E-state index >= 15 is 0 Å². The molecule has 0 N–H and O–H groups in total. The SMILES string of the molecule is CC(=O)c1ccc(N2C(=O)[C@@H]3[C@@H](C2=O)[C@H](C(=O)c2ccccc2)N2CCC[C@H]32)cc1. The lowest BCUT2D eigenvalue weighted by Crippen LogP contribution is -2.46. The summed E-state index contributed by atoms with van der Waals surface area (Å²) in [6.07, 6.45) is 1.73. The number of benzene rings is 2. The van der Waals surface area contributed by atoms with E-state index in [4.69, 9.17) is 0 Å². The average Bonchev–Trinajstić information content (AvgIpc) is 3.40. The maximum atomic E-state index is 13.5. The fourth-order valence-corrected chi connectivity index (χ4v) is 5.39. The van der Waals surface area contributed by atoms with Crippen molar-refractivity contribution in [2.24, 2.45) is 11.8 Å². The van der Waals surface area contributed by atoms with Crippen molar-refractivity contribution in [1.29, 1.82) is 0 Å². The van der Waals surface area contributed by atoms with Crippen LogP contribution in [-0.4, -0.2) is 46.9 Å². The molecule has 6 heteroatoms. The number of nitrogens with zero attached hydrogens (tertiary/aromatic N) is 2. The molecule has 0 aliphatic carbocycles. The minimum atomic E-state index is -0.664. The number of Topliss-reactive ketones (excluding diaryl/α,β-unsaturated/α-hetero) is 2. The quantitative estimate of drug-likeness (QED) is 0.581. The number of fused-ring (bicyclic) bond motifs is 3. The number of hydrogen-bond acceptors (Lipinski definition) is 5. The van der Waals surface area contributed by atoms with Crippen LogP contribution in [0.2, 0.25) is 0 Å². The third-order valence-corrected chi connectivity index (χ3v) is 6.71. The summed E-state index contributed by atoms with van der Waals surface area (Å²) in [7, 11) is 0. The molecule has 152 valence electrons. The molecule has 6 nitrogen and oxygen atoms in total. The zero-order chi connectivity index (χ0) is 21.0. The van der Waals surface area contributed by atoms with E-state index in [1.807, 2.05) is 18.2 Å². The van der Waals surface area contributed by atoms with E-state index in [-0.39, 0.29) is 29.4 Å². The van der Waals surface area contributed by atoms with Gasteiger partial charge in [-0.05, 0) is 50.6 Å². The van der Waals surface area contributed by atoms with Gasteiger partial charge in [-0.1, -0.05) is 30.3 Å². The number of amides is 2. The zero-order valence-corrected chi connectivity index (χ0v) is 16.7. The third-order valence-electron chi connectivity index (χ3n) is 6.71. The lowest BCUT2D eigenvalue weighted by molar-refractivity contribution is -0.123. The van der Waals surface area contributed by atoms with Crippen molar-refractivity contribution >= 4 is 29.1 Å². The summed E-state index contributed by atoms with van der Waals surface area (Å²) in [5.41, 5.74) is 1.55. The van der Waals surface area contributed by atoms with Gasteiger partial charge in [0, 0.05) is 17.2 Å². The Hall–Kier alpha value is -3.12. The van der Waals surface area contributed by atoms with Gasteiger partial charge in [0.1, 0.15) is 0 Å². The molecule has 2 aromatic carbocycles. The molecule has 0 radical (unpaired) electrons. The molecule has 0 saturated carbocycles. The van der Waals surface area contributed by atoms with Crippen LogP contribution >= 0.6 is 0 Å². The number of anilines is 1. The van der Waals surface area contributed by atoms with Crippen LogP contribution < -0.4 is 4.90 Å². The van der Waals surface area contributed by atoms with Crippen molar-refractivity contribution in [1.82, 2.24) is 4.90 Å². The van der Waals surface area contributed by atoms with Crippen molar-refractivity contribution in [2.45, 2.75) is 31.8 Å². The minimum absolute atomic E-state index is 0.0763. The Kier molecular flexibility index (Phi) is 4.40. The van der Waals surface area contributed by atoms with E-state index in [1.54, 1.807) is 36.4 Å². The molecule has 3 fully saturated rings. The Balaban J connectivity index is 1.52. The van der Waals surface area contributed by atoms with Gasteiger partial charge in [-0.3, -0.25) is 24.1 Å². The van der Waals surface area contributed by atoms with Crippen molar-refractivity contribution in [3.63, 3.8) is 0 Å². The molecular formula is C24H22N2O4. The van der Waals surface area contributed by atoms with E-state index in [1.165, 1.54) is 11.8 Å². The molecule has 3 aliphatic rings. The van der Waals surface area contributed by atoms with Gasteiger partial charge in [-0.15, -0.1) is 0 Å². The van der Waals surface area contributed by atoms with Gasteiger partial charge in [-0.2, -0.15) is 0 Å². The first-order chi connectivity index (χ1) is 14.5. The van der Waals surface area contributed by atoms with Crippen LogP contribution in [0.3, 0.4) is 0 Å². The van der Waals surface area contributed by atoms with Gasteiger partial charge in [0.25, 0.3) is 0 Å². The Morgan fingerprint density at radius 1 is 0.867 bits per heavy atom. The molecule has 3 aliphatic heterocycles. The van der Waals surface area contributed by atoms with Gasteiger partial charge in [0.05, 0.1) is 23.6 Å². The van der Waals surface area contributed by atoms with E-state index < -0.39 is 17.9 Å². The second-order valence-electron chi connectivity index (χ2n) is 8.29. The van der Waals surface area contributed by atoms with E-state index in [2.05, 4.69) is 4.90 Å². The van der Waals surface area contributed by atoms with E-state index in [0.29, 0.717) is 16.8 Å². The Bertz CT molecular complexity index is 1050. The Labute approximate surface area is 174 Å². The summed E-state index contributed by atoms with van der Waals surface area (Å²) in [5, 5.41) is 0. The fourth-order valence-electron chi connectivity index (χ4n) is 5.39. The number of rotatable bonds is 4. The molecule has 2 aromatic rings. The first-order valence-corrected chi connectivity index (χ1v) is 10.3. The lowest BCUT2D eigenvalue weighted by atomic mass is 9.85. The smallest absolute Gasteiger partial charge is 0.239 e. The highest BCUT2D eigenvalue weighted by Crippen LogP contribution is 2.48. The van der Waals surface area contributed by atoms with E-state index in [9.17, 15) is 19.2 Å². The first kappa shape index (κ1) is 18.9. The van der Waals surface area contributed by atoms with Gasteiger partial charge in [0.2, 0.25) is 11.8 Å². The molecule has 3 saturated heterocycles. The molecule has 3 heterocycles. The molecule has 0 aromatic heterocycles. The molecule has 0 unspecified atom stereocenters. The topological polar surface area (TPSA) is 74.8 Å². The van der Waals surface area contributed by atoms with Crippen LogP contribution in [0, 0.1) is 11.8 Å². The van der Waals surface area contributed by atoms with Gasteiger partial charge >= 0.3 is 0 Å². The van der Waals surface area contributed by atoms with Crippen molar-refractivity contribution in [2.75, 3.05) is 11.4 Å². The molecule has 30 heavy (non-hydrogen) atoms. The van der Waals surface area contributed by atoms with Crippen LogP contribution in [-0.2, 0) is 9.59 Å². The largest absolute Gasteiger partial charge is 0.295 e. The molecular weight excluding hydrogens is 380 g/mol. The minimum Gasteiger partial charge on any atom is -0.295 e. The highest BCUT2D eigenvalue weighted by atomic mass is 16.2. The summed E-state index contributed by atoms with van der Waals surface area (Å²) in [4.78, 5) is 55.1. The van der Waals surface area contributed by atoms with Gasteiger partial charge in [-0.25, -0.2) is 4.90 Å². The second kappa shape index (κ2) is 6.99. The fraction of sp³-hybridized carbons (Fsp3) is 0.333. The number of hydrogen-bond donors (Lipinski definition) is 0. The molecule has 0 bridgehead atoms. The summed E-state index contributed by atoms with van der Waals surface area (Å²) < 4.78 is 0. The highest BCUT2D eigenvalue weighted by molar-refractivity contribution is 6.24. The predicted octanol–water partition coefficient (Wildman–Crippen LogP) is 2.72. The zero-order valence-electron chi connectivity index (χ0n) is 16.7. The standard InChI is InChI=1S/C24H22N2O4/c1-14(27)15-9-11-17(12-10-15)26-23(29)19-18-8-5-13-25(18)21(20(19)24(26)30)22(28)16-6-3-2-4-7-16/h2-4,6-7,9-12,18-21H,5,8,13H2,1H3/t18-,19+,20-,21-/m1/s1. The normalized spacial score (nSPS) is 28.0. The van der Waals surface area contributed by atoms with Crippen LogP contribution in [0.4, 0.5) is 5.69 Å². The average molecular weight is 402 g/mol. The number of ketones is 2. The third kappa shape index (κ3) is 2.67. The Morgan fingerprint density at radius 3 is 2.20 bits per heavy atom. The van der Waals surface area contributed by atoms with Crippen molar-refractivity contribution in [3.05, 3.63) is 65.7 Å². The number of carbonyl (C=O) groups excluding carboxylic acids is 4. The maximum Gasteiger partial charge on any atom is 0.239 e. The summed E-state index contributed by atoms with van der Waals surface area (Å²) in [6, 6.07) is 14.8. The summed E-state index contributed by atoms with van der Waals surface area (Å²) in [5.74, 6) is -1.88. The summed E-state index contributed by atoms with van der Waals surface area (Å²) in [6.45, 7) is 2.20. The Morgan fingerprint density at radius 2 is 1.53 bits per heavy atom. The van der Waals surface area contributed by atoms with Gasteiger partial charge in [0.15, 0.2) is 11.6 Å². The number of carbonyl (C=O) groups is 4. The molecule has 5 rings (SSSR count). The number of imide groups is 1. The van der Waals surface area contributed by atoms with Crippen LogP contribution in [0.5, 0.6) is 0 Å². The molecule has 0 spiro atoms. The van der Waals surface area contributed by atoms with Crippen LogP contribution in [0.1, 0.15) is 40.5 Å². The lowest BCUT2D eigenvalue weighted by Gasteiger charge is -2.27. The second-order valence-corrected chi connectivity index (χ2v) is 8.29. The van der Waals surface area contributed by atoms with Gasteiger partial charge < -0.3 is 0 Å². The van der Waals surface area contributed by atoms with Crippen molar-refractivity contribution in [3.8, 4) is 0 Å². The monoisotopic (exact) mass is 402 g/mol. The highest BCUT2D eigenvalue weighted by Gasteiger charge is 2.64.